The van der Waals surface area contributed by atoms with Gasteiger partial charge in [-0.3, -0.25) is 9.63 Å². The van der Waals surface area contributed by atoms with Gasteiger partial charge >= 0.3 is 0 Å². The first-order valence-electron chi connectivity index (χ1n) is 5.61. The molecule has 0 bridgehead atoms. The molecule has 20 heavy (non-hydrogen) atoms. The lowest BCUT2D eigenvalue weighted by molar-refractivity contribution is -0.126. The second-order valence-corrected chi connectivity index (χ2v) is 4.73. The molecule has 0 spiro atoms. The highest BCUT2D eigenvalue weighted by molar-refractivity contribution is 9.10. The van der Waals surface area contributed by atoms with Crippen LogP contribution in [0.25, 0.3) is 11.8 Å². The van der Waals surface area contributed by atoms with Gasteiger partial charge in [-0.1, -0.05) is 6.07 Å². The Morgan fingerprint density at radius 2 is 2.35 bits per heavy atom. The van der Waals surface area contributed by atoms with Crippen LogP contribution in [-0.4, -0.2) is 22.8 Å². The number of benzene rings is 1. The fourth-order valence-electron chi connectivity index (χ4n) is 1.55. The number of hydrogen-bond donors (Lipinski definition) is 1. The smallest absolute Gasteiger partial charge is 0.267 e. The molecular weight excluding hydrogens is 329 g/mol. The average molecular weight is 340 g/mol. The van der Waals surface area contributed by atoms with Gasteiger partial charge in [0, 0.05) is 12.3 Å². The van der Waals surface area contributed by atoms with Gasteiger partial charge in [0.05, 0.1) is 17.8 Å². The van der Waals surface area contributed by atoms with E-state index in [0.717, 1.165) is 4.47 Å². The van der Waals surface area contributed by atoms with Crippen molar-refractivity contribution in [3.63, 3.8) is 0 Å². The van der Waals surface area contributed by atoms with Crippen molar-refractivity contribution < 1.29 is 14.0 Å². The Morgan fingerprint density at radius 3 is 2.95 bits per heavy atom. The van der Waals surface area contributed by atoms with Crippen LogP contribution in [0.4, 0.5) is 4.39 Å². The summed E-state index contributed by atoms with van der Waals surface area (Å²) in [5, 5.41) is 4.01. The molecule has 0 aliphatic carbocycles. The van der Waals surface area contributed by atoms with Crippen LogP contribution in [0.5, 0.6) is 0 Å². The number of aromatic nitrogens is 2. The zero-order chi connectivity index (χ0) is 14.5. The molecule has 5 nitrogen and oxygen atoms in total. The molecule has 1 aromatic heterocycles. The highest BCUT2D eigenvalue weighted by Gasteiger charge is 2.06. The molecule has 1 heterocycles. The normalized spacial score (nSPS) is 10.9. The second kappa shape index (κ2) is 6.44. The van der Waals surface area contributed by atoms with E-state index in [9.17, 15) is 9.18 Å². The Bertz CT molecular complexity index is 655. The van der Waals surface area contributed by atoms with Crippen molar-refractivity contribution in [2.24, 2.45) is 0 Å². The van der Waals surface area contributed by atoms with Crippen molar-refractivity contribution >= 4 is 27.9 Å². The number of amides is 1. The van der Waals surface area contributed by atoms with Crippen LogP contribution in [0, 0.1) is 5.82 Å². The van der Waals surface area contributed by atoms with Crippen molar-refractivity contribution in [3.8, 4) is 5.69 Å². The lowest BCUT2D eigenvalue weighted by Gasteiger charge is -2.04. The molecule has 0 radical (unpaired) electrons. The Hall–Kier alpha value is -1.99. The van der Waals surface area contributed by atoms with E-state index in [0.29, 0.717) is 11.3 Å². The summed E-state index contributed by atoms with van der Waals surface area (Å²) in [4.78, 5) is 15.6. The number of nitrogens with one attached hydrogen (secondary N) is 1. The predicted octanol–water partition coefficient (Wildman–Crippen LogP) is 2.46. The minimum atomic E-state index is -0.435. The number of carbonyl (C=O) groups is 1. The van der Waals surface area contributed by atoms with Gasteiger partial charge in [-0.25, -0.2) is 14.6 Å². The maximum absolute atomic E-state index is 14.0. The first kappa shape index (κ1) is 14.4. The van der Waals surface area contributed by atoms with E-state index >= 15 is 0 Å². The number of rotatable bonds is 4. The molecule has 0 saturated carbocycles. The Morgan fingerprint density at radius 1 is 1.55 bits per heavy atom. The lowest BCUT2D eigenvalue weighted by atomic mass is 10.2. The number of hydroxylamine groups is 1. The second-order valence-electron chi connectivity index (χ2n) is 3.82. The van der Waals surface area contributed by atoms with Crippen molar-refractivity contribution in [1.82, 2.24) is 15.3 Å². The fourth-order valence-corrected chi connectivity index (χ4v) is 1.84. The summed E-state index contributed by atoms with van der Waals surface area (Å²) in [5.74, 6) is -0.858. The predicted molar refractivity (Wildman–Crippen MR) is 75.4 cm³/mol. The van der Waals surface area contributed by atoms with Gasteiger partial charge in [-0.2, -0.15) is 5.10 Å². The molecule has 0 saturated heterocycles. The third kappa shape index (κ3) is 3.52. The van der Waals surface area contributed by atoms with Gasteiger partial charge in [-0.05, 0) is 39.7 Å². The van der Waals surface area contributed by atoms with E-state index in [2.05, 4.69) is 31.3 Å². The third-order valence-corrected chi connectivity index (χ3v) is 2.81. The van der Waals surface area contributed by atoms with Crippen molar-refractivity contribution in [1.29, 1.82) is 0 Å². The Labute approximate surface area is 123 Å². The van der Waals surface area contributed by atoms with Crippen molar-refractivity contribution in [2.45, 2.75) is 0 Å². The largest absolute Gasteiger partial charge is 0.277 e. The molecule has 0 unspecified atom stereocenters. The molecule has 0 aliphatic rings. The summed E-state index contributed by atoms with van der Waals surface area (Å²) < 4.78 is 16.2. The highest BCUT2D eigenvalue weighted by Crippen LogP contribution is 2.17. The molecule has 7 heteroatoms. The van der Waals surface area contributed by atoms with E-state index in [1.807, 2.05) is 0 Å². The average Bonchev–Trinajstić information content (AvgIpc) is 2.83. The molecule has 1 N–H and O–H groups in total. The van der Waals surface area contributed by atoms with E-state index in [1.54, 1.807) is 24.5 Å². The molecule has 1 aromatic carbocycles. The molecule has 2 rings (SSSR count). The van der Waals surface area contributed by atoms with Gasteiger partial charge < -0.3 is 0 Å². The Balaban J connectivity index is 2.20. The third-order valence-electron chi connectivity index (χ3n) is 2.40. The van der Waals surface area contributed by atoms with Crippen LogP contribution in [0.2, 0.25) is 0 Å². The SMILES string of the molecule is CONC(=O)C=Cc1ccc(-n2cc(Br)cn2)c(F)c1. The minimum absolute atomic E-state index is 0.328. The number of halogens is 2. The van der Waals surface area contributed by atoms with E-state index in [-0.39, 0.29) is 0 Å². The van der Waals surface area contributed by atoms with Gasteiger partial charge in [0.2, 0.25) is 0 Å². The number of hydrogen-bond acceptors (Lipinski definition) is 3. The monoisotopic (exact) mass is 339 g/mol. The summed E-state index contributed by atoms with van der Waals surface area (Å²) >= 11 is 3.25. The summed E-state index contributed by atoms with van der Waals surface area (Å²) in [7, 11) is 1.34. The maximum Gasteiger partial charge on any atom is 0.267 e. The molecule has 0 fully saturated rings. The quantitative estimate of drug-likeness (QED) is 0.687. The summed E-state index contributed by atoms with van der Waals surface area (Å²) in [6.07, 6.45) is 5.96. The first-order chi connectivity index (χ1) is 9.60. The van der Waals surface area contributed by atoms with Crippen molar-refractivity contribution in [3.05, 3.63) is 52.5 Å². The molecule has 0 aliphatic heterocycles. The standard InChI is InChI=1S/C13H11BrFN3O2/c1-20-17-13(19)5-3-9-2-4-12(11(15)6-9)18-8-10(14)7-16-18/h2-8H,1H3,(H,17,19). The van der Waals surface area contributed by atoms with E-state index in [4.69, 9.17) is 0 Å². The lowest BCUT2D eigenvalue weighted by Crippen LogP contribution is -2.18. The molecule has 104 valence electrons. The van der Waals surface area contributed by atoms with E-state index < -0.39 is 11.7 Å². The van der Waals surface area contributed by atoms with Crippen LogP contribution < -0.4 is 5.48 Å². The number of nitrogens with zero attached hydrogens (tertiary/aromatic N) is 2. The van der Waals surface area contributed by atoms with E-state index in [1.165, 1.54) is 30.0 Å². The maximum atomic E-state index is 14.0. The summed E-state index contributed by atoms with van der Waals surface area (Å²) in [6, 6.07) is 4.59. The first-order valence-corrected chi connectivity index (χ1v) is 6.40. The van der Waals surface area contributed by atoms with Crippen molar-refractivity contribution in [2.75, 3.05) is 7.11 Å². The summed E-state index contributed by atoms with van der Waals surface area (Å²) in [6.45, 7) is 0. The van der Waals surface area contributed by atoms with Crippen LogP contribution in [0.1, 0.15) is 5.56 Å². The fraction of sp³-hybridized carbons (Fsp3) is 0.0769. The van der Waals surface area contributed by atoms with Crippen LogP contribution in [0.15, 0.2) is 41.1 Å². The van der Waals surface area contributed by atoms with Gasteiger partial charge in [0.25, 0.3) is 5.91 Å². The molecule has 2 aromatic rings. The van der Waals surface area contributed by atoms with Crippen LogP contribution in [0.3, 0.4) is 0 Å². The number of carbonyl (C=O) groups excluding carboxylic acids is 1. The molecule has 0 atom stereocenters. The summed E-state index contributed by atoms with van der Waals surface area (Å²) in [5.41, 5.74) is 3.02. The zero-order valence-corrected chi connectivity index (χ0v) is 12.1. The van der Waals surface area contributed by atoms with Crippen LogP contribution >= 0.6 is 15.9 Å². The molecule has 1 amide bonds. The topological polar surface area (TPSA) is 56.1 Å². The van der Waals surface area contributed by atoms with Gasteiger partial charge in [0.1, 0.15) is 11.5 Å². The van der Waals surface area contributed by atoms with Gasteiger partial charge in [-0.15, -0.1) is 0 Å². The van der Waals surface area contributed by atoms with Crippen LogP contribution in [-0.2, 0) is 9.63 Å². The minimum Gasteiger partial charge on any atom is -0.277 e. The van der Waals surface area contributed by atoms with Gasteiger partial charge in [0.15, 0.2) is 0 Å². The molecular formula is C13H11BrFN3O2. The zero-order valence-electron chi connectivity index (χ0n) is 10.5. The highest BCUT2D eigenvalue weighted by atomic mass is 79.9. The Kier molecular flexibility index (Phi) is 4.65.